The number of hydrogen-bond acceptors (Lipinski definition) is 4. The van der Waals surface area contributed by atoms with Gasteiger partial charge in [0.15, 0.2) is 5.82 Å². The third kappa shape index (κ3) is 4.84. The molecular weight excluding hydrogens is 729 g/mol. The van der Waals surface area contributed by atoms with Crippen LogP contribution in [-0.2, 0) is 5.41 Å². The lowest BCUT2D eigenvalue weighted by molar-refractivity contribution is 0.726. The summed E-state index contributed by atoms with van der Waals surface area (Å²) in [7, 11) is 0. The third-order valence-electron chi connectivity index (χ3n) is 11.8. The zero-order chi connectivity index (χ0) is 37.5. The number of fused-ring (bicyclic) bond motifs is 13. The Morgan fingerprint density at radius 1 is 0.368 bits per heavy atom. The lowest BCUT2D eigenvalue weighted by Gasteiger charge is -2.40. The zero-order valence-corrected chi connectivity index (χ0v) is 32.3. The summed E-state index contributed by atoms with van der Waals surface area (Å²) >= 11 is 3.79. The van der Waals surface area contributed by atoms with Crippen LogP contribution in [0.2, 0.25) is 0 Å². The minimum atomic E-state index is -0.434. The number of nitrogens with zero attached hydrogens (tertiary/aromatic N) is 2. The van der Waals surface area contributed by atoms with Gasteiger partial charge in [0.1, 0.15) is 0 Å². The molecule has 12 rings (SSSR count). The van der Waals surface area contributed by atoms with Crippen molar-refractivity contribution in [1.29, 1.82) is 0 Å². The molecule has 57 heavy (non-hydrogen) atoms. The molecule has 0 bridgehead atoms. The zero-order valence-electron chi connectivity index (χ0n) is 30.7. The van der Waals surface area contributed by atoms with E-state index in [1.54, 1.807) is 0 Å². The predicted octanol–water partition coefficient (Wildman–Crippen LogP) is 14.3. The summed E-state index contributed by atoms with van der Waals surface area (Å²) < 4.78 is 2.54. The molecule has 0 radical (unpaired) electrons. The Bertz CT molecular complexity index is 3160. The minimum Gasteiger partial charge on any atom is -0.228 e. The summed E-state index contributed by atoms with van der Waals surface area (Å²) in [5, 5.41) is 2.55. The van der Waals surface area contributed by atoms with Crippen LogP contribution in [-0.4, -0.2) is 9.97 Å². The van der Waals surface area contributed by atoms with Crippen LogP contribution in [0.15, 0.2) is 204 Å². The second-order valence-corrected chi connectivity index (χ2v) is 16.9. The van der Waals surface area contributed by atoms with Crippen molar-refractivity contribution in [1.82, 2.24) is 9.97 Å². The SMILES string of the molecule is c1ccc(-c2ccc(-c3cc(-c4cccc5sc6ccc7c(c6c45)Sc4ccccc4C74c5ccccc5-c5ccccc54)nc(-c4ccccc4)n3)cc2)cc1. The summed E-state index contributed by atoms with van der Waals surface area (Å²) in [6, 6.07) is 70.5. The van der Waals surface area contributed by atoms with E-state index >= 15 is 0 Å². The molecule has 4 heteroatoms. The molecule has 0 amide bonds. The molecule has 3 heterocycles. The first kappa shape index (κ1) is 32.6. The summed E-state index contributed by atoms with van der Waals surface area (Å²) in [5.41, 5.74) is 15.0. The highest BCUT2D eigenvalue weighted by Gasteiger charge is 2.50. The maximum absolute atomic E-state index is 5.37. The number of rotatable bonds is 4. The van der Waals surface area contributed by atoms with Gasteiger partial charge < -0.3 is 0 Å². The quantitative estimate of drug-likeness (QED) is 0.179. The van der Waals surface area contributed by atoms with E-state index in [2.05, 4.69) is 188 Å². The molecule has 0 saturated carbocycles. The molecular formula is C53H32N2S2. The van der Waals surface area contributed by atoms with Gasteiger partial charge in [-0.2, -0.15) is 0 Å². The lowest BCUT2D eigenvalue weighted by Crippen LogP contribution is -2.31. The largest absolute Gasteiger partial charge is 0.228 e. The summed E-state index contributed by atoms with van der Waals surface area (Å²) in [6.45, 7) is 0. The lowest BCUT2D eigenvalue weighted by atomic mass is 9.67. The topological polar surface area (TPSA) is 25.8 Å². The van der Waals surface area contributed by atoms with E-state index < -0.39 is 5.41 Å². The van der Waals surface area contributed by atoms with Gasteiger partial charge in [-0.15, -0.1) is 11.3 Å². The fourth-order valence-electron chi connectivity index (χ4n) is 9.34. The Kier molecular flexibility index (Phi) is 7.28. The van der Waals surface area contributed by atoms with Crippen LogP contribution in [0.3, 0.4) is 0 Å². The van der Waals surface area contributed by atoms with Crippen LogP contribution >= 0.6 is 23.1 Å². The molecule has 0 unspecified atom stereocenters. The predicted molar refractivity (Wildman–Crippen MR) is 238 cm³/mol. The van der Waals surface area contributed by atoms with Crippen molar-refractivity contribution < 1.29 is 0 Å². The van der Waals surface area contributed by atoms with E-state index in [0.29, 0.717) is 0 Å². The van der Waals surface area contributed by atoms with Crippen LogP contribution in [0.5, 0.6) is 0 Å². The maximum atomic E-state index is 5.37. The first-order chi connectivity index (χ1) is 28.3. The average molecular weight is 761 g/mol. The van der Waals surface area contributed by atoms with Crippen LogP contribution in [0.1, 0.15) is 22.3 Å². The first-order valence-corrected chi connectivity index (χ1v) is 21.0. The van der Waals surface area contributed by atoms with E-state index in [-0.39, 0.29) is 0 Å². The molecule has 1 aliphatic carbocycles. The van der Waals surface area contributed by atoms with Crippen molar-refractivity contribution in [3.63, 3.8) is 0 Å². The summed E-state index contributed by atoms with van der Waals surface area (Å²) in [4.78, 5) is 13.2. The smallest absolute Gasteiger partial charge is 0.160 e. The second kappa shape index (κ2) is 12.7. The molecule has 1 aliphatic heterocycles. The Balaban J connectivity index is 1.12. The van der Waals surface area contributed by atoms with E-state index in [9.17, 15) is 0 Å². The van der Waals surface area contributed by atoms with Crippen LogP contribution < -0.4 is 0 Å². The van der Waals surface area contributed by atoms with Gasteiger partial charge in [-0.1, -0.05) is 182 Å². The molecule has 10 aromatic rings. The standard InChI is InChI=1S/C53H32N2S2/c1-3-14-33(15-4-1)34-26-28-35(29-27-34)44-32-45(55-52(54-44)36-16-5-2-6-17-36)39-20-13-25-47-49(39)50-48(56-47)31-30-43-51(50)57-46-24-12-11-23-42(46)53(43)40-21-9-7-18-37(40)38-19-8-10-22-41(38)53/h1-32H. The minimum absolute atomic E-state index is 0.434. The fraction of sp³-hybridized carbons (Fsp3) is 0.0189. The fourth-order valence-corrected chi connectivity index (χ4v) is 11.9. The molecule has 0 fully saturated rings. The molecule has 8 aromatic carbocycles. The van der Waals surface area contributed by atoms with Gasteiger partial charge in [-0.3, -0.25) is 0 Å². The van der Waals surface area contributed by atoms with Crippen molar-refractivity contribution in [2.45, 2.75) is 15.2 Å². The van der Waals surface area contributed by atoms with Gasteiger partial charge in [-0.05, 0) is 68.8 Å². The van der Waals surface area contributed by atoms with E-state index in [4.69, 9.17) is 9.97 Å². The van der Waals surface area contributed by atoms with Gasteiger partial charge in [0.25, 0.3) is 0 Å². The molecule has 1 spiro atoms. The van der Waals surface area contributed by atoms with Crippen molar-refractivity contribution in [3.05, 3.63) is 216 Å². The normalized spacial score (nSPS) is 13.3. The number of benzene rings is 8. The molecule has 0 N–H and O–H groups in total. The van der Waals surface area contributed by atoms with Gasteiger partial charge in [-0.25, -0.2) is 9.97 Å². The summed E-state index contributed by atoms with van der Waals surface area (Å²) in [5.74, 6) is 0.718. The maximum Gasteiger partial charge on any atom is 0.160 e. The molecule has 0 atom stereocenters. The highest BCUT2D eigenvalue weighted by Crippen LogP contribution is 2.64. The summed E-state index contributed by atoms with van der Waals surface area (Å²) in [6.07, 6.45) is 0. The Morgan fingerprint density at radius 2 is 0.930 bits per heavy atom. The van der Waals surface area contributed by atoms with Gasteiger partial charge in [0, 0.05) is 46.7 Å². The van der Waals surface area contributed by atoms with Crippen molar-refractivity contribution >= 4 is 43.3 Å². The molecule has 2 nitrogen and oxygen atoms in total. The van der Waals surface area contributed by atoms with Crippen molar-refractivity contribution in [2.75, 3.05) is 0 Å². The number of hydrogen-bond donors (Lipinski definition) is 0. The molecule has 266 valence electrons. The van der Waals surface area contributed by atoms with E-state index in [1.165, 1.54) is 74.5 Å². The number of thiophene rings is 1. The Hall–Kier alpha value is -6.59. The first-order valence-electron chi connectivity index (χ1n) is 19.3. The van der Waals surface area contributed by atoms with Crippen molar-refractivity contribution in [2.24, 2.45) is 0 Å². The third-order valence-corrected chi connectivity index (χ3v) is 14.1. The molecule has 0 saturated heterocycles. The second-order valence-electron chi connectivity index (χ2n) is 14.8. The highest BCUT2D eigenvalue weighted by molar-refractivity contribution is 7.99. The van der Waals surface area contributed by atoms with Gasteiger partial charge >= 0.3 is 0 Å². The van der Waals surface area contributed by atoms with Crippen molar-refractivity contribution in [3.8, 4) is 56.2 Å². The van der Waals surface area contributed by atoms with Crippen LogP contribution in [0.4, 0.5) is 0 Å². The van der Waals surface area contributed by atoms with Crippen LogP contribution in [0.25, 0.3) is 76.3 Å². The Morgan fingerprint density at radius 3 is 1.67 bits per heavy atom. The van der Waals surface area contributed by atoms with E-state index in [1.807, 2.05) is 29.2 Å². The average Bonchev–Trinajstić information content (AvgIpc) is 3.82. The number of aromatic nitrogens is 2. The molecule has 2 aromatic heterocycles. The van der Waals surface area contributed by atoms with E-state index in [0.717, 1.165) is 33.9 Å². The monoisotopic (exact) mass is 760 g/mol. The van der Waals surface area contributed by atoms with Crippen LogP contribution in [0, 0.1) is 0 Å². The van der Waals surface area contributed by atoms with Gasteiger partial charge in [0.2, 0.25) is 0 Å². The Labute approximate surface area is 339 Å². The molecule has 2 aliphatic rings. The highest BCUT2D eigenvalue weighted by atomic mass is 32.2. The van der Waals surface area contributed by atoms with Gasteiger partial charge in [0.05, 0.1) is 16.8 Å².